The number of methoxy groups -OCH3 is 1. The number of ether oxygens (including phenoxy) is 1. The molecule has 0 aliphatic carbocycles. The molecule has 0 aliphatic heterocycles. The molecule has 0 fully saturated rings. The second kappa shape index (κ2) is 3.47. The van der Waals surface area contributed by atoms with E-state index in [0.29, 0.717) is 16.9 Å². The van der Waals surface area contributed by atoms with Gasteiger partial charge < -0.3 is 9.84 Å². The highest BCUT2D eigenvalue weighted by Crippen LogP contribution is 2.30. The van der Waals surface area contributed by atoms with Gasteiger partial charge in [0.2, 0.25) is 0 Å². The third-order valence-corrected chi connectivity index (χ3v) is 1.96. The summed E-state index contributed by atoms with van der Waals surface area (Å²) in [5.74, 6) is 0.523. The fourth-order valence-corrected chi connectivity index (χ4v) is 1.22. The molecule has 0 bridgehead atoms. The van der Waals surface area contributed by atoms with E-state index in [9.17, 15) is 9.90 Å². The van der Waals surface area contributed by atoms with Gasteiger partial charge in [-0.3, -0.25) is 4.79 Å². The Morgan fingerprint density at radius 2 is 2.08 bits per heavy atom. The molecule has 70 valence electrons. The molecule has 0 spiro atoms. The first kappa shape index (κ1) is 9.58. The van der Waals surface area contributed by atoms with E-state index in [4.69, 9.17) is 4.74 Å². The van der Waals surface area contributed by atoms with Gasteiger partial charge in [0.25, 0.3) is 0 Å². The Morgan fingerprint density at radius 3 is 2.54 bits per heavy atom. The highest BCUT2D eigenvalue weighted by atomic mass is 16.5. The molecular weight excluding hydrogens is 168 g/mol. The quantitative estimate of drug-likeness (QED) is 0.707. The maximum atomic E-state index is 11.1. The fraction of sp³-hybridized carbons (Fsp3) is 0.300. The number of ketones is 1. The number of phenols is 1. The van der Waals surface area contributed by atoms with E-state index in [1.54, 1.807) is 13.0 Å². The zero-order valence-corrected chi connectivity index (χ0v) is 7.92. The minimum atomic E-state index is -0.0695. The summed E-state index contributed by atoms with van der Waals surface area (Å²) in [7, 11) is 1.48. The molecule has 0 amide bonds. The predicted molar refractivity (Wildman–Crippen MR) is 49.4 cm³/mol. The molecule has 13 heavy (non-hydrogen) atoms. The average molecular weight is 180 g/mol. The van der Waals surface area contributed by atoms with Gasteiger partial charge in [0.1, 0.15) is 11.5 Å². The van der Waals surface area contributed by atoms with Crippen molar-refractivity contribution in [3.8, 4) is 11.5 Å². The highest BCUT2D eigenvalue weighted by Gasteiger charge is 2.12. The van der Waals surface area contributed by atoms with E-state index >= 15 is 0 Å². The number of carbonyl (C=O) groups excluding carboxylic acids is 1. The molecule has 0 heterocycles. The lowest BCUT2D eigenvalue weighted by atomic mass is 10.1. The van der Waals surface area contributed by atoms with E-state index in [0.717, 1.165) is 0 Å². The van der Waals surface area contributed by atoms with Gasteiger partial charge in [0.05, 0.1) is 12.7 Å². The molecule has 0 aliphatic rings. The second-order valence-corrected chi connectivity index (χ2v) is 2.85. The van der Waals surface area contributed by atoms with Crippen LogP contribution in [-0.2, 0) is 0 Å². The summed E-state index contributed by atoms with van der Waals surface area (Å²) in [6.07, 6.45) is 0. The molecule has 0 atom stereocenters. The smallest absolute Gasteiger partial charge is 0.163 e. The third kappa shape index (κ3) is 1.64. The zero-order chi connectivity index (χ0) is 10.0. The van der Waals surface area contributed by atoms with E-state index in [2.05, 4.69) is 0 Å². The third-order valence-electron chi connectivity index (χ3n) is 1.96. The van der Waals surface area contributed by atoms with E-state index in [-0.39, 0.29) is 11.5 Å². The van der Waals surface area contributed by atoms with Crippen molar-refractivity contribution in [3.05, 3.63) is 23.3 Å². The van der Waals surface area contributed by atoms with Crippen LogP contribution in [0.5, 0.6) is 11.5 Å². The Morgan fingerprint density at radius 1 is 1.46 bits per heavy atom. The van der Waals surface area contributed by atoms with Gasteiger partial charge >= 0.3 is 0 Å². The molecule has 1 aromatic carbocycles. The molecule has 1 rings (SSSR count). The Hall–Kier alpha value is -1.51. The van der Waals surface area contributed by atoms with Crippen LogP contribution < -0.4 is 4.74 Å². The van der Waals surface area contributed by atoms with Crippen molar-refractivity contribution in [1.82, 2.24) is 0 Å². The normalized spacial score (nSPS) is 9.77. The number of aromatic hydroxyl groups is 1. The molecule has 1 N–H and O–H groups in total. The molecule has 3 nitrogen and oxygen atoms in total. The summed E-state index contributed by atoms with van der Waals surface area (Å²) < 4.78 is 5.04. The molecule has 0 saturated heterocycles. The minimum absolute atomic E-state index is 0.0695. The zero-order valence-electron chi connectivity index (χ0n) is 7.92. The van der Waals surface area contributed by atoms with Gasteiger partial charge in [-0.25, -0.2) is 0 Å². The van der Waals surface area contributed by atoms with Crippen molar-refractivity contribution in [1.29, 1.82) is 0 Å². The summed E-state index contributed by atoms with van der Waals surface area (Å²) >= 11 is 0. The number of hydrogen-bond acceptors (Lipinski definition) is 3. The maximum absolute atomic E-state index is 11.1. The van der Waals surface area contributed by atoms with Gasteiger partial charge in [-0.1, -0.05) is 0 Å². The van der Waals surface area contributed by atoms with Crippen LogP contribution in [0, 0.1) is 6.92 Å². The van der Waals surface area contributed by atoms with Crippen LogP contribution >= 0.6 is 0 Å². The lowest BCUT2D eigenvalue weighted by Crippen LogP contribution is -1.99. The molecule has 0 saturated carbocycles. The molecular formula is C10H12O3. The van der Waals surface area contributed by atoms with Crippen LogP contribution in [0.15, 0.2) is 12.1 Å². The van der Waals surface area contributed by atoms with E-state index in [1.165, 1.54) is 20.1 Å². The van der Waals surface area contributed by atoms with Gasteiger partial charge in [-0.05, 0) is 26.0 Å². The van der Waals surface area contributed by atoms with Crippen molar-refractivity contribution < 1.29 is 14.6 Å². The number of hydrogen-bond donors (Lipinski definition) is 1. The summed E-state index contributed by atoms with van der Waals surface area (Å²) in [6, 6.07) is 3.05. The highest BCUT2D eigenvalue weighted by molar-refractivity contribution is 5.97. The Kier molecular flexibility index (Phi) is 2.56. The van der Waals surface area contributed by atoms with Crippen LogP contribution in [0.2, 0.25) is 0 Å². The Balaban J connectivity index is 3.38. The van der Waals surface area contributed by atoms with Gasteiger partial charge in [-0.15, -0.1) is 0 Å². The summed E-state index contributed by atoms with van der Waals surface area (Å²) in [5.41, 5.74) is 1.09. The summed E-state index contributed by atoms with van der Waals surface area (Å²) in [4.78, 5) is 11.1. The number of Topliss-reactive ketones (excluding diaryl/α,β-unsaturated/α-hetero) is 1. The van der Waals surface area contributed by atoms with Crippen molar-refractivity contribution in [3.63, 3.8) is 0 Å². The lowest BCUT2D eigenvalue weighted by molar-refractivity contribution is 0.101. The van der Waals surface area contributed by atoms with E-state index < -0.39 is 0 Å². The standard InChI is InChI=1S/C10H12O3/c1-6-9(12)5-4-8(7(2)11)10(6)13-3/h4-5,12H,1-3H3. The largest absolute Gasteiger partial charge is 0.508 e. The number of benzene rings is 1. The molecule has 1 aromatic rings. The van der Waals surface area contributed by atoms with Gasteiger partial charge in [-0.2, -0.15) is 0 Å². The fourth-order valence-electron chi connectivity index (χ4n) is 1.22. The molecule has 0 aromatic heterocycles. The first-order valence-electron chi connectivity index (χ1n) is 3.95. The Labute approximate surface area is 77.0 Å². The topological polar surface area (TPSA) is 46.5 Å². The number of rotatable bonds is 2. The molecule has 3 heteroatoms. The van der Waals surface area contributed by atoms with Crippen molar-refractivity contribution in [2.75, 3.05) is 7.11 Å². The predicted octanol–water partition coefficient (Wildman–Crippen LogP) is 1.91. The van der Waals surface area contributed by atoms with Crippen molar-refractivity contribution in [2.45, 2.75) is 13.8 Å². The van der Waals surface area contributed by atoms with Crippen LogP contribution in [0.25, 0.3) is 0 Å². The van der Waals surface area contributed by atoms with Crippen LogP contribution in [0.3, 0.4) is 0 Å². The lowest BCUT2D eigenvalue weighted by Gasteiger charge is -2.09. The number of phenolic OH excluding ortho intramolecular Hbond substituents is 1. The van der Waals surface area contributed by atoms with Crippen LogP contribution in [0.1, 0.15) is 22.8 Å². The van der Waals surface area contributed by atoms with Crippen molar-refractivity contribution >= 4 is 5.78 Å². The van der Waals surface area contributed by atoms with Gasteiger partial charge in [0.15, 0.2) is 5.78 Å². The number of carbonyl (C=O) groups is 1. The van der Waals surface area contributed by atoms with Crippen LogP contribution in [0.4, 0.5) is 0 Å². The first-order chi connectivity index (χ1) is 6.07. The summed E-state index contributed by atoms with van der Waals surface area (Å²) in [6.45, 7) is 3.18. The summed E-state index contributed by atoms with van der Waals surface area (Å²) in [5, 5.41) is 9.35. The second-order valence-electron chi connectivity index (χ2n) is 2.85. The maximum Gasteiger partial charge on any atom is 0.163 e. The average Bonchev–Trinajstić information content (AvgIpc) is 2.09. The van der Waals surface area contributed by atoms with Gasteiger partial charge in [0, 0.05) is 5.56 Å². The SMILES string of the molecule is COc1c(C(C)=O)ccc(O)c1C. The molecule has 0 unspecified atom stereocenters. The Bertz CT molecular complexity index is 342. The van der Waals surface area contributed by atoms with Crippen LogP contribution in [-0.4, -0.2) is 18.0 Å². The first-order valence-corrected chi connectivity index (χ1v) is 3.95. The van der Waals surface area contributed by atoms with E-state index in [1.807, 2.05) is 0 Å². The monoisotopic (exact) mass is 180 g/mol. The van der Waals surface area contributed by atoms with Crippen molar-refractivity contribution in [2.24, 2.45) is 0 Å². The minimum Gasteiger partial charge on any atom is -0.508 e. The molecule has 0 radical (unpaired) electrons.